The van der Waals surface area contributed by atoms with Gasteiger partial charge in [0.2, 0.25) is 0 Å². The second kappa shape index (κ2) is 7.53. The first-order valence-electron chi connectivity index (χ1n) is 6.59. The zero-order valence-electron chi connectivity index (χ0n) is 12.1. The number of methoxy groups -OCH3 is 1. The Morgan fingerprint density at radius 1 is 1.35 bits per heavy atom. The Hall–Kier alpha value is -2.04. The van der Waals surface area contributed by atoms with Crippen LogP contribution in [0.5, 0.6) is 5.75 Å². The number of carboxylic acid groups (broad SMARTS) is 1. The van der Waals surface area contributed by atoms with Crippen molar-refractivity contribution in [2.75, 3.05) is 13.7 Å². The highest BCUT2D eigenvalue weighted by atomic mass is 16.5. The largest absolute Gasteiger partial charge is 0.497 e. The van der Waals surface area contributed by atoms with Gasteiger partial charge in [-0.2, -0.15) is 0 Å². The Balaban J connectivity index is 2.62. The lowest BCUT2D eigenvalue weighted by atomic mass is 9.97. The van der Waals surface area contributed by atoms with Crippen LogP contribution >= 0.6 is 0 Å². The maximum absolute atomic E-state index is 12.0. The van der Waals surface area contributed by atoms with Crippen molar-refractivity contribution in [3.63, 3.8) is 0 Å². The lowest BCUT2D eigenvalue weighted by Crippen LogP contribution is -2.33. The highest BCUT2D eigenvalue weighted by molar-refractivity contribution is 5.94. The first-order valence-corrected chi connectivity index (χ1v) is 6.59. The summed E-state index contributed by atoms with van der Waals surface area (Å²) < 4.78 is 5.05. The fraction of sp³-hybridized carbons (Fsp3) is 0.467. The predicted molar refractivity (Wildman–Crippen MR) is 75.9 cm³/mol. The number of aliphatic carboxylic acids is 1. The van der Waals surface area contributed by atoms with E-state index in [2.05, 4.69) is 5.32 Å². The third-order valence-corrected chi connectivity index (χ3v) is 2.95. The molecule has 0 fully saturated rings. The van der Waals surface area contributed by atoms with Gasteiger partial charge in [0.05, 0.1) is 13.0 Å². The molecule has 0 spiro atoms. The minimum atomic E-state index is -0.885. The van der Waals surface area contributed by atoms with Crippen LogP contribution < -0.4 is 10.1 Å². The van der Waals surface area contributed by atoms with E-state index in [9.17, 15) is 9.59 Å². The van der Waals surface area contributed by atoms with Crippen molar-refractivity contribution in [1.82, 2.24) is 5.32 Å². The van der Waals surface area contributed by atoms with Gasteiger partial charge in [-0.25, -0.2) is 0 Å². The van der Waals surface area contributed by atoms with Crippen LogP contribution in [-0.4, -0.2) is 30.6 Å². The molecule has 0 aliphatic heterocycles. The van der Waals surface area contributed by atoms with Crippen LogP contribution in [0, 0.1) is 11.8 Å². The smallest absolute Gasteiger partial charge is 0.308 e. The van der Waals surface area contributed by atoms with Gasteiger partial charge >= 0.3 is 5.97 Å². The van der Waals surface area contributed by atoms with Gasteiger partial charge in [-0.05, 0) is 30.5 Å². The Morgan fingerprint density at radius 3 is 2.60 bits per heavy atom. The molecule has 0 aliphatic carbocycles. The number of rotatable bonds is 7. The van der Waals surface area contributed by atoms with Crippen molar-refractivity contribution >= 4 is 11.9 Å². The summed E-state index contributed by atoms with van der Waals surface area (Å²) in [5.74, 6) is -0.882. The number of hydrogen-bond acceptors (Lipinski definition) is 3. The number of nitrogens with one attached hydrogen (secondary N) is 1. The molecule has 1 amide bonds. The molecule has 20 heavy (non-hydrogen) atoms. The number of benzene rings is 1. The van der Waals surface area contributed by atoms with E-state index in [1.807, 2.05) is 13.8 Å². The zero-order valence-corrected chi connectivity index (χ0v) is 12.1. The number of carbonyl (C=O) groups excluding carboxylic acids is 1. The molecular weight excluding hydrogens is 258 g/mol. The van der Waals surface area contributed by atoms with Gasteiger partial charge in [-0.1, -0.05) is 19.9 Å². The van der Waals surface area contributed by atoms with Crippen molar-refractivity contribution in [3.05, 3.63) is 29.8 Å². The Morgan fingerprint density at radius 2 is 2.05 bits per heavy atom. The van der Waals surface area contributed by atoms with Crippen molar-refractivity contribution < 1.29 is 19.4 Å². The zero-order chi connectivity index (χ0) is 15.1. The van der Waals surface area contributed by atoms with Crippen LogP contribution in [0.3, 0.4) is 0 Å². The fourth-order valence-electron chi connectivity index (χ4n) is 1.92. The summed E-state index contributed by atoms with van der Waals surface area (Å²) in [6.07, 6.45) is 0.535. The van der Waals surface area contributed by atoms with Gasteiger partial charge in [0.25, 0.3) is 5.91 Å². The highest BCUT2D eigenvalue weighted by Crippen LogP contribution is 2.14. The lowest BCUT2D eigenvalue weighted by molar-refractivity contribution is -0.142. The van der Waals surface area contributed by atoms with E-state index in [-0.39, 0.29) is 18.4 Å². The molecule has 0 aliphatic rings. The van der Waals surface area contributed by atoms with Crippen LogP contribution in [0.25, 0.3) is 0 Å². The van der Waals surface area contributed by atoms with Gasteiger partial charge in [0.15, 0.2) is 0 Å². The van der Waals surface area contributed by atoms with Gasteiger partial charge in [-0.3, -0.25) is 9.59 Å². The van der Waals surface area contributed by atoms with E-state index in [1.165, 1.54) is 7.11 Å². The van der Waals surface area contributed by atoms with Crippen molar-refractivity contribution in [3.8, 4) is 5.75 Å². The average molecular weight is 279 g/mol. The predicted octanol–water partition coefficient (Wildman–Crippen LogP) is 2.17. The molecule has 5 nitrogen and oxygen atoms in total. The Kier molecular flexibility index (Phi) is 6.03. The van der Waals surface area contributed by atoms with Crippen LogP contribution in [0.15, 0.2) is 24.3 Å². The third-order valence-electron chi connectivity index (χ3n) is 2.95. The molecule has 1 unspecified atom stereocenters. The monoisotopic (exact) mass is 279 g/mol. The van der Waals surface area contributed by atoms with E-state index < -0.39 is 11.9 Å². The van der Waals surface area contributed by atoms with E-state index in [0.717, 1.165) is 0 Å². The summed E-state index contributed by atoms with van der Waals surface area (Å²) in [6, 6.07) is 6.75. The molecule has 1 aromatic rings. The molecule has 0 radical (unpaired) electrons. The Bertz CT molecular complexity index is 471. The minimum absolute atomic E-state index is 0.129. The second-order valence-corrected chi connectivity index (χ2v) is 5.11. The van der Waals surface area contributed by atoms with E-state index in [4.69, 9.17) is 9.84 Å². The molecule has 1 aromatic carbocycles. The minimum Gasteiger partial charge on any atom is -0.497 e. The lowest BCUT2D eigenvalue weighted by Gasteiger charge is -2.15. The van der Waals surface area contributed by atoms with Crippen LogP contribution in [0.4, 0.5) is 0 Å². The molecule has 0 heterocycles. The summed E-state index contributed by atoms with van der Waals surface area (Å²) in [5.41, 5.74) is 0.457. The first kappa shape index (κ1) is 16.0. The molecule has 0 saturated carbocycles. The first-order chi connectivity index (χ1) is 9.43. The topological polar surface area (TPSA) is 75.6 Å². The quantitative estimate of drug-likeness (QED) is 0.802. The number of hydrogen-bond donors (Lipinski definition) is 2. The summed E-state index contributed by atoms with van der Waals surface area (Å²) in [6.45, 7) is 4.04. The van der Waals surface area contributed by atoms with Gasteiger partial charge in [0, 0.05) is 12.1 Å². The number of ether oxygens (including phenoxy) is 1. The number of carbonyl (C=O) groups is 2. The average Bonchev–Trinajstić information content (AvgIpc) is 2.42. The molecule has 0 saturated heterocycles. The maximum Gasteiger partial charge on any atom is 0.308 e. The Labute approximate surface area is 118 Å². The molecule has 1 rings (SSSR count). The molecule has 0 aromatic heterocycles. The van der Waals surface area contributed by atoms with Crippen molar-refractivity contribution in [2.45, 2.75) is 20.3 Å². The van der Waals surface area contributed by atoms with Crippen LogP contribution in [0.1, 0.15) is 30.6 Å². The van der Waals surface area contributed by atoms with Gasteiger partial charge in [-0.15, -0.1) is 0 Å². The molecule has 1 atom stereocenters. The fourth-order valence-corrected chi connectivity index (χ4v) is 1.92. The summed E-state index contributed by atoms with van der Waals surface area (Å²) in [5, 5.41) is 11.8. The van der Waals surface area contributed by atoms with E-state index in [0.29, 0.717) is 17.7 Å². The van der Waals surface area contributed by atoms with E-state index in [1.54, 1.807) is 24.3 Å². The number of amides is 1. The van der Waals surface area contributed by atoms with Gasteiger partial charge in [0.1, 0.15) is 5.75 Å². The second-order valence-electron chi connectivity index (χ2n) is 5.11. The number of carboxylic acids is 1. The third kappa shape index (κ3) is 4.91. The SMILES string of the molecule is COc1cccc(C(=O)NCC(CC(C)C)C(=O)O)c1. The highest BCUT2D eigenvalue weighted by Gasteiger charge is 2.20. The summed E-state index contributed by atoms with van der Waals surface area (Å²) >= 11 is 0. The van der Waals surface area contributed by atoms with Crippen LogP contribution in [-0.2, 0) is 4.79 Å². The van der Waals surface area contributed by atoms with Crippen molar-refractivity contribution in [1.29, 1.82) is 0 Å². The van der Waals surface area contributed by atoms with Gasteiger partial charge < -0.3 is 15.2 Å². The standard InChI is InChI=1S/C15H21NO4/c1-10(2)7-12(15(18)19)9-16-14(17)11-5-4-6-13(8-11)20-3/h4-6,8,10,12H,7,9H2,1-3H3,(H,16,17)(H,18,19). The molecule has 0 bridgehead atoms. The van der Waals surface area contributed by atoms with Crippen molar-refractivity contribution in [2.24, 2.45) is 11.8 Å². The molecular formula is C15H21NO4. The molecule has 5 heteroatoms. The summed E-state index contributed by atoms with van der Waals surface area (Å²) in [7, 11) is 1.53. The maximum atomic E-state index is 12.0. The normalized spacial score (nSPS) is 12.0. The summed E-state index contributed by atoms with van der Waals surface area (Å²) in [4.78, 5) is 23.1. The van der Waals surface area contributed by atoms with Crippen LogP contribution in [0.2, 0.25) is 0 Å². The molecule has 110 valence electrons. The molecule has 2 N–H and O–H groups in total. The van der Waals surface area contributed by atoms with E-state index >= 15 is 0 Å².